The van der Waals surface area contributed by atoms with E-state index in [-0.39, 0.29) is 0 Å². The second-order valence-electron chi connectivity index (χ2n) is 6.47. The first-order chi connectivity index (χ1) is 12.1. The predicted molar refractivity (Wildman–Crippen MR) is 98.9 cm³/mol. The van der Waals surface area contributed by atoms with Gasteiger partial charge in [-0.2, -0.15) is 0 Å². The molecule has 0 amide bonds. The van der Waals surface area contributed by atoms with Gasteiger partial charge in [-0.3, -0.25) is 0 Å². The molecule has 5 heteroatoms. The molecule has 0 spiro atoms. The minimum absolute atomic E-state index is 0.441. The fourth-order valence-corrected chi connectivity index (χ4v) is 3.08. The molecule has 2 aromatic carbocycles. The van der Waals surface area contributed by atoms with Crippen molar-refractivity contribution in [3.05, 3.63) is 64.7 Å². The average Bonchev–Trinajstić information content (AvgIpc) is 2.62. The zero-order valence-corrected chi connectivity index (χ0v) is 15.0. The van der Waals surface area contributed by atoms with E-state index >= 15 is 0 Å². The fraction of sp³-hybridized carbons (Fsp3) is 0.400. The highest BCUT2D eigenvalue weighted by Gasteiger charge is 2.29. The summed E-state index contributed by atoms with van der Waals surface area (Å²) in [6.45, 7) is 2.96. The van der Waals surface area contributed by atoms with Crippen molar-refractivity contribution < 1.29 is 14.6 Å². The van der Waals surface area contributed by atoms with Crippen LogP contribution in [-0.2, 0) is 17.9 Å². The topological polar surface area (TPSA) is 50.7 Å². The summed E-state index contributed by atoms with van der Waals surface area (Å²) in [5.74, 6) is 0.809. The van der Waals surface area contributed by atoms with Crippen molar-refractivity contribution in [3.63, 3.8) is 0 Å². The number of hydrogen-bond acceptors (Lipinski definition) is 4. The van der Waals surface area contributed by atoms with Crippen LogP contribution < -0.4 is 10.1 Å². The van der Waals surface area contributed by atoms with Crippen molar-refractivity contribution in [1.29, 1.82) is 0 Å². The number of rotatable bonds is 7. The van der Waals surface area contributed by atoms with Gasteiger partial charge in [0.05, 0.1) is 5.60 Å². The zero-order valence-electron chi connectivity index (χ0n) is 14.2. The van der Waals surface area contributed by atoms with Crippen LogP contribution in [0, 0.1) is 0 Å². The maximum absolute atomic E-state index is 10.5. The van der Waals surface area contributed by atoms with E-state index in [0.717, 1.165) is 16.9 Å². The normalized spacial score (nSPS) is 16.6. The maximum Gasteiger partial charge on any atom is 0.120 e. The molecule has 0 aromatic heterocycles. The van der Waals surface area contributed by atoms with E-state index in [1.165, 1.54) is 0 Å². The molecule has 0 aliphatic carbocycles. The lowest BCUT2D eigenvalue weighted by Gasteiger charge is -2.32. The highest BCUT2D eigenvalue weighted by molar-refractivity contribution is 6.31. The van der Waals surface area contributed by atoms with Crippen molar-refractivity contribution in [1.82, 2.24) is 5.32 Å². The van der Waals surface area contributed by atoms with E-state index in [4.69, 9.17) is 21.1 Å². The van der Waals surface area contributed by atoms with Crippen molar-refractivity contribution in [2.24, 2.45) is 0 Å². The Bertz CT molecular complexity index is 686. The lowest BCUT2D eigenvalue weighted by Crippen LogP contribution is -2.44. The molecule has 1 aliphatic heterocycles. The number of nitrogens with one attached hydrogen (secondary N) is 1. The summed E-state index contributed by atoms with van der Waals surface area (Å²) in [6.07, 6.45) is 1.36. The molecular formula is C20H24ClNO3. The maximum atomic E-state index is 10.5. The molecule has 4 nitrogen and oxygen atoms in total. The Kier molecular flexibility index (Phi) is 6.32. The van der Waals surface area contributed by atoms with Gasteiger partial charge in [-0.1, -0.05) is 41.9 Å². The van der Waals surface area contributed by atoms with E-state index < -0.39 is 5.60 Å². The van der Waals surface area contributed by atoms with E-state index in [9.17, 15) is 5.11 Å². The van der Waals surface area contributed by atoms with Gasteiger partial charge in [-0.05, 0) is 23.8 Å². The quantitative estimate of drug-likeness (QED) is 0.791. The molecule has 25 heavy (non-hydrogen) atoms. The molecule has 0 atom stereocenters. The minimum atomic E-state index is -0.656. The molecule has 1 fully saturated rings. The number of ether oxygens (including phenoxy) is 2. The van der Waals surface area contributed by atoms with Crippen molar-refractivity contribution >= 4 is 11.6 Å². The average molecular weight is 362 g/mol. The molecule has 1 saturated heterocycles. The van der Waals surface area contributed by atoms with Crippen LogP contribution in [0.5, 0.6) is 5.75 Å². The summed E-state index contributed by atoms with van der Waals surface area (Å²) in [7, 11) is 0. The first-order valence-electron chi connectivity index (χ1n) is 8.61. The molecular weight excluding hydrogens is 338 g/mol. The lowest BCUT2D eigenvalue weighted by molar-refractivity contribution is -0.0617. The Morgan fingerprint density at radius 2 is 1.92 bits per heavy atom. The zero-order chi connectivity index (χ0) is 17.5. The minimum Gasteiger partial charge on any atom is -0.489 e. The van der Waals surface area contributed by atoms with Crippen LogP contribution in [0.15, 0.2) is 48.5 Å². The van der Waals surface area contributed by atoms with Crippen LogP contribution in [0.1, 0.15) is 24.0 Å². The number of halogens is 1. The Balaban J connectivity index is 1.50. The van der Waals surface area contributed by atoms with Crippen molar-refractivity contribution in [3.8, 4) is 5.75 Å². The highest BCUT2D eigenvalue weighted by Crippen LogP contribution is 2.21. The first-order valence-corrected chi connectivity index (χ1v) is 8.98. The number of aliphatic hydroxyl groups is 1. The van der Waals surface area contributed by atoms with Crippen LogP contribution in [0.4, 0.5) is 0 Å². The van der Waals surface area contributed by atoms with E-state index in [1.54, 1.807) is 0 Å². The van der Waals surface area contributed by atoms with Gasteiger partial charge in [0.15, 0.2) is 0 Å². The Labute approximate surface area is 153 Å². The third-order valence-electron chi connectivity index (χ3n) is 4.46. The van der Waals surface area contributed by atoms with Gasteiger partial charge in [0.2, 0.25) is 0 Å². The van der Waals surface area contributed by atoms with E-state index in [0.29, 0.717) is 50.8 Å². The molecule has 134 valence electrons. The third kappa shape index (κ3) is 5.44. The highest BCUT2D eigenvalue weighted by atomic mass is 35.5. The standard InChI is InChI=1S/C20H24ClNO3/c21-19-7-2-1-5-17(19)14-25-18-6-3-4-16(12-18)13-22-15-20(23)8-10-24-11-9-20/h1-7,12,22-23H,8-11,13-15H2. The Morgan fingerprint density at radius 1 is 1.12 bits per heavy atom. The Hall–Kier alpha value is -1.59. The largest absolute Gasteiger partial charge is 0.489 e. The summed E-state index contributed by atoms with van der Waals surface area (Å²) in [6, 6.07) is 15.6. The van der Waals surface area contributed by atoms with Crippen LogP contribution >= 0.6 is 11.6 Å². The number of benzene rings is 2. The van der Waals surface area contributed by atoms with Gasteiger partial charge in [0.25, 0.3) is 0 Å². The Morgan fingerprint density at radius 3 is 2.72 bits per heavy atom. The van der Waals surface area contributed by atoms with Crippen LogP contribution in [0.25, 0.3) is 0 Å². The second kappa shape index (κ2) is 8.68. The van der Waals surface area contributed by atoms with Crippen molar-refractivity contribution in [2.75, 3.05) is 19.8 Å². The van der Waals surface area contributed by atoms with Gasteiger partial charge in [-0.25, -0.2) is 0 Å². The van der Waals surface area contributed by atoms with Crippen LogP contribution in [-0.4, -0.2) is 30.5 Å². The smallest absolute Gasteiger partial charge is 0.120 e. The van der Waals surface area contributed by atoms with Gasteiger partial charge in [0, 0.05) is 49.7 Å². The van der Waals surface area contributed by atoms with Gasteiger partial charge >= 0.3 is 0 Å². The third-order valence-corrected chi connectivity index (χ3v) is 4.83. The van der Waals surface area contributed by atoms with Crippen LogP contribution in [0.2, 0.25) is 5.02 Å². The van der Waals surface area contributed by atoms with E-state index in [1.807, 2.05) is 48.5 Å². The monoisotopic (exact) mass is 361 g/mol. The SMILES string of the molecule is OC1(CNCc2cccc(OCc3ccccc3Cl)c2)CCOCC1. The van der Waals surface area contributed by atoms with Gasteiger partial charge in [0.1, 0.15) is 12.4 Å². The fourth-order valence-electron chi connectivity index (χ4n) is 2.89. The van der Waals surface area contributed by atoms with Crippen LogP contribution in [0.3, 0.4) is 0 Å². The van der Waals surface area contributed by atoms with E-state index in [2.05, 4.69) is 5.32 Å². The molecule has 0 radical (unpaired) electrons. The molecule has 3 rings (SSSR count). The molecule has 1 heterocycles. The molecule has 1 aliphatic rings. The van der Waals surface area contributed by atoms with Gasteiger partial charge in [-0.15, -0.1) is 0 Å². The number of hydrogen-bond donors (Lipinski definition) is 2. The molecule has 2 aromatic rings. The summed E-state index contributed by atoms with van der Waals surface area (Å²) >= 11 is 6.15. The first kappa shape index (κ1) is 18.2. The van der Waals surface area contributed by atoms with Crippen molar-refractivity contribution in [2.45, 2.75) is 31.6 Å². The predicted octanol–water partition coefficient (Wildman–Crippen LogP) is 3.55. The lowest BCUT2D eigenvalue weighted by atomic mass is 9.94. The van der Waals surface area contributed by atoms with Gasteiger partial charge < -0.3 is 19.9 Å². The molecule has 2 N–H and O–H groups in total. The second-order valence-corrected chi connectivity index (χ2v) is 6.87. The molecule has 0 saturated carbocycles. The summed E-state index contributed by atoms with van der Waals surface area (Å²) in [5.41, 5.74) is 1.43. The summed E-state index contributed by atoms with van der Waals surface area (Å²) in [5, 5.41) is 14.5. The molecule has 0 bridgehead atoms. The summed E-state index contributed by atoms with van der Waals surface area (Å²) in [4.78, 5) is 0. The summed E-state index contributed by atoms with van der Waals surface area (Å²) < 4.78 is 11.2. The molecule has 0 unspecified atom stereocenters.